The highest BCUT2D eigenvalue weighted by molar-refractivity contribution is 6.30. The van der Waals surface area contributed by atoms with Crippen LogP contribution in [0.5, 0.6) is 5.75 Å². The van der Waals surface area contributed by atoms with Gasteiger partial charge in [-0.05, 0) is 35.4 Å². The maximum atomic E-state index is 10.1. The van der Waals surface area contributed by atoms with Gasteiger partial charge in [0.15, 0.2) is 12.2 Å². The highest BCUT2D eigenvalue weighted by Gasteiger charge is 2.20. The van der Waals surface area contributed by atoms with Crippen molar-refractivity contribution in [3.05, 3.63) is 64.9 Å². The van der Waals surface area contributed by atoms with E-state index in [1.165, 1.54) is 5.56 Å². The van der Waals surface area contributed by atoms with E-state index in [9.17, 15) is 4.79 Å². The number of hydroxylamine groups is 1. The summed E-state index contributed by atoms with van der Waals surface area (Å²) in [5, 5.41) is 0.766. The highest BCUT2D eigenvalue weighted by atomic mass is 35.5. The minimum Gasteiger partial charge on any atom is -0.495 e. The Balaban J connectivity index is 1.60. The quantitative estimate of drug-likeness (QED) is 0.317. The van der Waals surface area contributed by atoms with Crippen LogP contribution in [0, 0.1) is 0 Å². The fourth-order valence-electron chi connectivity index (χ4n) is 3.28. The zero-order chi connectivity index (χ0) is 19.8. The summed E-state index contributed by atoms with van der Waals surface area (Å²) in [6.45, 7) is 5.19. The van der Waals surface area contributed by atoms with Crippen molar-refractivity contribution in [3.63, 3.8) is 0 Å². The Labute approximate surface area is 170 Å². The van der Waals surface area contributed by atoms with Gasteiger partial charge in [0.25, 0.3) is 0 Å². The molecule has 0 amide bonds. The predicted octanol–water partition coefficient (Wildman–Crippen LogP) is 3.04. The zero-order valence-corrected chi connectivity index (χ0v) is 16.6. The predicted molar refractivity (Wildman–Crippen MR) is 110 cm³/mol. The third kappa shape index (κ3) is 5.50. The molecule has 0 atom stereocenters. The van der Waals surface area contributed by atoms with Gasteiger partial charge in [0, 0.05) is 37.7 Å². The lowest BCUT2D eigenvalue weighted by Gasteiger charge is -2.36. The van der Waals surface area contributed by atoms with E-state index in [4.69, 9.17) is 21.2 Å². The second kappa shape index (κ2) is 10.2. The molecule has 0 spiro atoms. The molecule has 3 rings (SSSR count). The first-order valence-corrected chi connectivity index (χ1v) is 9.54. The molecule has 0 aliphatic carbocycles. The number of benzene rings is 2. The van der Waals surface area contributed by atoms with Crippen LogP contribution in [-0.4, -0.2) is 44.1 Å². The van der Waals surface area contributed by atoms with E-state index < -0.39 is 0 Å². The standard InChI is InChI=1S/C21H24ClN3O3/c1-27-21-7-4-18(15-23-28-13-12-26)14-20(21)25-10-8-24(9-11-25)16-17-2-5-19(22)6-3-17/h2-7,13-14,23H,8-11,15-16H2,1H3. The van der Waals surface area contributed by atoms with E-state index in [-0.39, 0.29) is 0 Å². The van der Waals surface area contributed by atoms with Gasteiger partial charge in [0.1, 0.15) is 5.75 Å². The summed E-state index contributed by atoms with van der Waals surface area (Å²) in [7, 11) is 1.69. The number of rotatable bonds is 8. The minimum atomic E-state index is 0.478. The van der Waals surface area contributed by atoms with Crippen LogP contribution in [-0.2, 0) is 22.7 Å². The lowest BCUT2D eigenvalue weighted by Crippen LogP contribution is -2.46. The Hall–Kier alpha value is -2.50. The molecule has 1 saturated heterocycles. The van der Waals surface area contributed by atoms with Gasteiger partial charge in [-0.2, -0.15) is 5.48 Å². The van der Waals surface area contributed by atoms with E-state index in [1.807, 2.05) is 24.3 Å². The first kappa shape index (κ1) is 20.2. The van der Waals surface area contributed by atoms with Crippen LogP contribution in [0.15, 0.2) is 48.7 Å². The molecule has 148 valence electrons. The third-order valence-corrected chi connectivity index (χ3v) is 4.99. The summed E-state index contributed by atoms with van der Waals surface area (Å²) in [5.74, 6) is 2.41. The molecular formula is C21H24ClN3O3. The molecule has 0 aromatic heterocycles. The van der Waals surface area contributed by atoms with Crippen LogP contribution in [0.2, 0.25) is 5.02 Å². The van der Waals surface area contributed by atoms with Crippen LogP contribution < -0.4 is 15.1 Å². The van der Waals surface area contributed by atoms with Crippen molar-refractivity contribution in [2.24, 2.45) is 0 Å². The monoisotopic (exact) mass is 401 g/mol. The molecule has 7 heteroatoms. The van der Waals surface area contributed by atoms with Gasteiger partial charge in [0.05, 0.1) is 19.3 Å². The van der Waals surface area contributed by atoms with Crippen LogP contribution in [0.1, 0.15) is 11.1 Å². The Bertz CT molecular complexity index is 814. The van der Waals surface area contributed by atoms with Gasteiger partial charge in [0.2, 0.25) is 0 Å². The molecule has 1 N–H and O–H groups in total. The Kier molecular flexibility index (Phi) is 7.34. The Morgan fingerprint density at radius 2 is 1.82 bits per heavy atom. The number of hydrogen-bond acceptors (Lipinski definition) is 6. The van der Waals surface area contributed by atoms with Gasteiger partial charge in [-0.3, -0.25) is 4.90 Å². The van der Waals surface area contributed by atoms with E-state index in [2.05, 4.69) is 33.5 Å². The maximum Gasteiger partial charge on any atom is 0.194 e. The number of carbonyl (C=O) groups excluding carboxylic acids is 1. The summed E-state index contributed by atoms with van der Waals surface area (Å²) in [4.78, 5) is 19.8. The van der Waals surface area contributed by atoms with Crippen LogP contribution in [0.25, 0.3) is 0 Å². The Morgan fingerprint density at radius 1 is 1.11 bits per heavy atom. The fraction of sp³-hybridized carbons (Fsp3) is 0.333. The number of halogens is 1. The topological polar surface area (TPSA) is 54.0 Å². The summed E-state index contributed by atoms with van der Waals surface area (Å²) < 4.78 is 5.55. The SMILES string of the molecule is COc1ccc(CNOC=C=O)cc1N1CCN(Cc2ccc(Cl)cc2)CC1. The average molecular weight is 402 g/mol. The first-order valence-electron chi connectivity index (χ1n) is 9.16. The van der Waals surface area contributed by atoms with Crippen LogP contribution in [0.3, 0.4) is 0 Å². The minimum absolute atomic E-state index is 0.478. The van der Waals surface area contributed by atoms with Gasteiger partial charge < -0.3 is 14.5 Å². The lowest BCUT2D eigenvalue weighted by atomic mass is 10.1. The number of nitrogens with zero attached hydrogens (tertiary/aromatic N) is 2. The summed E-state index contributed by atoms with van der Waals surface area (Å²) in [6.07, 6.45) is 0.949. The molecule has 0 bridgehead atoms. The average Bonchev–Trinajstić information content (AvgIpc) is 2.73. The van der Waals surface area contributed by atoms with E-state index in [1.54, 1.807) is 13.1 Å². The number of hydrogen-bond donors (Lipinski definition) is 1. The smallest absolute Gasteiger partial charge is 0.194 e. The summed E-state index contributed by atoms with van der Waals surface area (Å²) in [6, 6.07) is 14.1. The van der Waals surface area contributed by atoms with E-state index in [0.717, 1.165) is 61.0 Å². The molecule has 1 aliphatic rings. The first-order chi connectivity index (χ1) is 13.7. The molecule has 6 nitrogen and oxygen atoms in total. The van der Waals surface area contributed by atoms with Crippen LogP contribution >= 0.6 is 11.6 Å². The van der Waals surface area contributed by atoms with E-state index >= 15 is 0 Å². The zero-order valence-electron chi connectivity index (χ0n) is 15.9. The van der Waals surface area contributed by atoms with E-state index in [0.29, 0.717) is 6.54 Å². The summed E-state index contributed by atoms with van der Waals surface area (Å²) >= 11 is 5.97. The van der Waals surface area contributed by atoms with Gasteiger partial charge in [-0.15, -0.1) is 0 Å². The number of piperazine rings is 1. The normalized spacial score (nSPS) is 14.4. The molecule has 1 fully saturated rings. The molecule has 0 unspecified atom stereocenters. The molecule has 2 aromatic rings. The van der Waals surface area contributed by atoms with Crippen molar-refractivity contribution < 1.29 is 14.4 Å². The Morgan fingerprint density at radius 3 is 2.50 bits per heavy atom. The van der Waals surface area contributed by atoms with Crippen molar-refractivity contribution in [1.29, 1.82) is 0 Å². The molecular weight excluding hydrogens is 378 g/mol. The highest BCUT2D eigenvalue weighted by Crippen LogP contribution is 2.30. The van der Waals surface area contributed by atoms with Crippen LogP contribution in [0.4, 0.5) is 5.69 Å². The second-order valence-corrected chi connectivity index (χ2v) is 7.01. The van der Waals surface area contributed by atoms with Gasteiger partial charge in [-0.1, -0.05) is 29.8 Å². The number of nitrogens with one attached hydrogen (secondary N) is 1. The molecule has 2 aromatic carbocycles. The third-order valence-electron chi connectivity index (χ3n) is 4.74. The largest absolute Gasteiger partial charge is 0.495 e. The molecule has 0 saturated carbocycles. The van der Waals surface area contributed by atoms with Crippen molar-refractivity contribution in [2.45, 2.75) is 13.1 Å². The second-order valence-electron chi connectivity index (χ2n) is 6.57. The van der Waals surface area contributed by atoms with Gasteiger partial charge >= 0.3 is 0 Å². The molecule has 1 aliphatic heterocycles. The lowest BCUT2D eigenvalue weighted by molar-refractivity contribution is 0.132. The summed E-state index contributed by atoms with van der Waals surface area (Å²) in [5.41, 5.74) is 6.09. The van der Waals surface area contributed by atoms with Crippen molar-refractivity contribution in [1.82, 2.24) is 10.4 Å². The molecule has 0 radical (unpaired) electrons. The van der Waals surface area contributed by atoms with Crippen molar-refractivity contribution in [3.8, 4) is 5.75 Å². The maximum absolute atomic E-state index is 10.1. The van der Waals surface area contributed by atoms with Crippen molar-refractivity contribution in [2.75, 3.05) is 38.2 Å². The molecule has 1 heterocycles. The van der Waals surface area contributed by atoms with Crippen molar-refractivity contribution >= 4 is 23.2 Å². The number of anilines is 1. The fourth-order valence-corrected chi connectivity index (χ4v) is 3.40. The number of methoxy groups -OCH3 is 1. The number of ether oxygens (including phenoxy) is 1. The molecule has 28 heavy (non-hydrogen) atoms. The van der Waals surface area contributed by atoms with Gasteiger partial charge in [-0.25, -0.2) is 4.79 Å².